The quantitative estimate of drug-likeness (QED) is 0.179. The summed E-state index contributed by atoms with van der Waals surface area (Å²) < 4.78 is 4.88. The van der Waals surface area contributed by atoms with Crippen LogP contribution in [0.15, 0.2) is 182 Å². The van der Waals surface area contributed by atoms with Crippen LogP contribution in [0.2, 0.25) is 0 Å². The Balaban J connectivity index is 1.11. The Hall–Kier alpha value is -6.95. The number of hydrogen-bond acceptors (Lipinski definition) is 4. The molecule has 11 aromatic rings. The first-order chi connectivity index (χ1) is 26.7. The van der Waals surface area contributed by atoms with Gasteiger partial charge in [-0.05, 0) is 82.6 Å². The van der Waals surface area contributed by atoms with Crippen LogP contribution >= 0.6 is 11.3 Å². The number of rotatable bonds is 5. The summed E-state index contributed by atoms with van der Waals surface area (Å²) in [5, 5.41) is 7.36. The van der Waals surface area contributed by atoms with Gasteiger partial charge in [0.15, 0.2) is 17.5 Å². The van der Waals surface area contributed by atoms with Crippen LogP contribution in [0.1, 0.15) is 0 Å². The molecule has 0 radical (unpaired) electrons. The predicted octanol–water partition coefficient (Wildman–Crippen LogP) is 13.2. The van der Waals surface area contributed by atoms with Crippen molar-refractivity contribution >= 4 is 64.1 Å². The number of hydrogen-bond donors (Lipinski definition) is 0. The number of benzene rings is 8. The first-order valence-electron chi connectivity index (χ1n) is 18.1. The molecule has 0 aliphatic heterocycles. The Morgan fingerprint density at radius 1 is 0.333 bits per heavy atom. The van der Waals surface area contributed by atoms with Gasteiger partial charge in [0.25, 0.3) is 0 Å². The highest BCUT2D eigenvalue weighted by Gasteiger charge is 2.17. The van der Waals surface area contributed by atoms with Gasteiger partial charge < -0.3 is 4.57 Å². The average Bonchev–Trinajstić information content (AvgIpc) is 3.78. The standard InChI is InChI=1S/C49H30N4S/c1-2-12-31(13-3-1)32-16-10-17-35(26-32)47-50-48(52-49(51-47)37-24-25-46-42(29-37)40-21-7-9-23-45(40)54-46)36-18-11-19-38(27-36)53-43-22-8-6-20-39(43)41-28-33-14-4-5-15-34(33)30-44(41)53/h1-30H. The fourth-order valence-electron chi connectivity index (χ4n) is 7.81. The monoisotopic (exact) mass is 706 g/mol. The van der Waals surface area contributed by atoms with Crippen molar-refractivity contribution in [2.45, 2.75) is 0 Å². The highest BCUT2D eigenvalue weighted by Crippen LogP contribution is 2.38. The molecule has 8 aromatic carbocycles. The van der Waals surface area contributed by atoms with E-state index in [4.69, 9.17) is 15.0 Å². The highest BCUT2D eigenvalue weighted by molar-refractivity contribution is 7.25. The van der Waals surface area contributed by atoms with Crippen LogP contribution in [-0.4, -0.2) is 19.5 Å². The van der Waals surface area contributed by atoms with E-state index in [0.29, 0.717) is 17.5 Å². The van der Waals surface area contributed by atoms with Gasteiger partial charge in [0, 0.05) is 53.3 Å². The number of aromatic nitrogens is 4. The summed E-state index contributed by atoms with van der Waals surface area (Å²) in [7, 11) is 0. The van der Waals surface area contributed by atoms with E-state index < -0.39 is 0 Å². The van der Waals surface area contributed by atoms with Crippen molar-refractivity contribution in [2.24, 2.45) is 0 Å². The molecule has 0 N–H and O–H groups in total. The molecule has 252 valence electrons. The lowest BCUT2D eigenvalue weighted by atomic mass is 10.0. The maximum absolute atomic E-state index is 5.21. The second kappa shape index (κ2) is 12.3. The van der Waals surface area contributed by atoms with E-state index in [1.807, 2.05) is 17.4 Å². The van der Waals surface area contributed by atoms with Crippen molar-refractivity contribution < 1.29 is 0 Å². The molecule has 4 nitrogen and oxygen atoms in total. The van der Waals surface area contributed by atoms with E-state index in [1.165, 1.54) is 41.7 Å². The topological polar surface area (TPSA) is 43.6 Å². The molecular formula is C49H30N4S. The smallest absolute Gasteiger partial charge is 0.164 e. The van der Waals surface area contributed by atoms with Crippen LogP contribution in [0.3, 0.4) is 0 Å². The lowest BCUT2D eigenvalue weighted by Gasteiger charge is -2.12. The summed E-state index contributed by atoms with van der Waals surface area (Å²) in [4.78, 5) is 15.6. The van der Waals surface area contributed by atoms with Gasteiger partial charge in [0.1, 0.15) is 0 Å². The van der Waals surface area contributed by atoms with Crippen molar-refractivity contribution in [3.05, 3.63) is 182 Å². The van der Waals surface area contributed by atoms with Crippen LogP contribution in [0.25, 0.3) is 104 Å². The summed E-state index contributed by atoms with van der Waals surface area (Å²) in [5.41, 5.74) is 8.46. The summed E-state index contributed by atoms with van der Waals surface area (Å²) in [6.07, 6.45) is 0. The lowest BCUT2D eigenvalue weighted by molar-refractivity contribution is 1.07. The number of thiophene rings is 1. The van der Waals surface area contributed by atoms with Crippen LogP contribution < -0.4 is 0 Å². The molecule has 0 unspecified atom stereocenters. The van der Waals surface area contributed by atoms with Crippen LogP contribution in [0, 0.1) is 0 Å². The fraction of sp³-hybridized carbons (Fsp3) is 0. The molecule has 0 aliphatic carbocycles. The molecule has 54 heavy (non-hydrogen) atoms. The largest absolute Gasteiger partial charge is 0.309 e. The summed E-state index contributed by atoms with van der Waals surface area (Å²) in [5.74, 6) is 1.91. The summed E-state index contributed by atoms with van der Waals surface area (Å²) >= 11 is 1.81. The third-order valence-electron chi connectivity index (χ3n) is 10.4. The van der Waals surface area contributed by atoms with Crippen molar-refractivity contribution in [1.82, 2.24) is 19.5 Å². The summed E-state index contributed by atoms with van der Waals surface area (Å²) in [6.45, 7) is 0. The van der Waals surface area contributed by atoms with E-state index in [-0.39, 0.29) is 0 Å². The molecule has 5 heteroatoms. The molecular weight excluding hydrogens is 677 g/mol. The number of fused-ring (bicyclic) bond motifs is 7. The fourth-order valence-corrected chi connectivity index (χ4v) is 8.90. The van der Waals surface area contributed by atoms with E-state index in [0.717, 1.165) is 44.5 Å². The molecule has 0 spiro atoms. The van der Waals surface area contributed by atoms with Gasteiger partial charge in [0.05, 0.1) is 11.0 Å². The van der Waals surface area contributed by atoms with E-state index in [2.05, 4.69) is 180 Å². The molecule has 0 atom stereocenters. The molecule has 0 saturated carbocycles. The van der Waals surface area contributed by atoms with Gasteiger partial charge in [-0.2, -0.15) is 0 Å². The molecule has 0 fully saturated rings. The maximum atomic E-state index is 5.21. The minimum absolute atomic E-state index is 0.628. The Morgan fingerprint density at radius 2 is 0.926 bits per heavy atom. The molecule has 3 aromatic heterocycles. The van der Waals surface area contributed by atoms with E-state index in [9.17, 15) is 0 Å². The van der Waals surface area contributed by atoms with Crippen LogP contribution in [0.4, 0.5) is 0 Å². The second-order valence-electron chi connectivity index (χ2n) is 13.7. The zero-order valence-corrected chi connectivity index (χ0v) is 29.8. The second-order valence-corrected chi connectivity index (χ2v) is 14.8. The minimum atomic E-state index is 0.628. The Morgan fingerprint density at radius 3 is 1.74 bits per heavy atom. The van der Waals surface area contributed by atoms with Crippen molar-refractivity contribution in [3.63, 3.8) is 0 Å². The maximum Gasteiger partial charge on any atom is 0.164 e. The van der Waals surface area contributed by atoms with Crippen molar-refractivity contribution in [3.8, 4) is 51.0 Å². The zero-order chi connectivity index (χ0) is 35.6. The molecule has 11 rings (SSSR count). The molecule has 0 bridgehead atoms. The van der Waals surface area contributed by atoms with Gasteiger partial charge in [-0.3, -0.25) is 0 Å². The SMILES string of the molecule is c1ccc(-c2cccc(-c3nc(-c4cccc(-n5c6ccccc6c6cc7ccccc7cc65)c4)nc(-c4ccc5sc6ccccc6c5c4)n3)c2)cc1. The molecule has 0 amide bonds. The third kappa shape index (κ3) is 5.09. The first-order valence-corrected chi connectivity index (χ1v) is 18.9. The van der Waals surface area contributed by atoms with Gasteiger partial charge >= 0.3 is 0 Å². The molecule has 0 saturated heterocycles. The Bertz CT molecular complexity index is 3230. The Labute approximate surface area is 315 Å². The van der Waals surface area contributed by atoms with Gasteiger partial charge in [-0.15, -0.1) is 11.3 Å². The zero-order valence-electron chi connectivity index (χ0n) is 29.0. The normalized spacial score (nSPS) is 11.7. The lowest BCUT2D eigenvalue weighted by Crippen LogP contribution is -2.01. The predicted molar refractivity (Wildman–Crippen MR) is 226 cm³/mol. The Kier molecular flexibility index (Phi) is 7.00. The van der Waals surface area contributed by atoms with Gasteiger partial charge in [0.2, 0.25) is 0 Å². The number of nitrogens with zero attached hydrogens (tertiary/aromatic N) is 4. The van der Waals surface area contributed by atoms with E-state index >= 15 is 0 Å². The number of para-hydroxylation sites is 1. The van der Waals surface area contributed by atoms with Crippen LogP contribution in [0.5, 0.6) is 0 Å². The van der Waals surface area contributed by atoms with E-state index in [1.54, 1.807) is 0 Å². The van der Waals surface area contributed by atoms with Crippen molar-refractivity contribution in [2.75, 3.05) is 0 Å². The van der Waals surface area contributed by atoms with Gasteiger partial charge in [-0.25, -0.2) is 15.0 Å². The minimum Gasteiger partial charge on any atom is -0.309 e. The highest BCUT2D eigenvalue weighted by atomic mass is 32.1. The average molecular weight is 707 g/mol. The summed E-state index contributed by atoms with van der Waals surface area (Å²) in [6, 6.07) is 64.5. The molecule has 3 heterocycles. The molecule has 0 aliphatic rings. The van der Waals surface area contributed by atoms with Crippen molar-refractivity contribution in [1.29, 1.82) is 0 Å². The third-order valence-corrected chi connectivity index (χ3v) is 11.6. The first kappa shape index (κ1) is 30.7. The van der Waals surface area contributed by atoms with Gasteiger partial charge in [-0.1, -0.05) is 121 Å². The van der Waals surface area contributed by atoms with Crippen LogP contribution in [-0.2, 0) is 0 Å².